The van der Waals surface area contributed by atoms with Crippen LogP contribution in [0.5, 0.6) is 0 Å². The predicted molar refractivity (Wildman–Crippen MR) is 84.0 cm³/mol. The van der Waals surface area contributed by atoms with E-state index in [0.29, 0.717) is 16.0 Å². The van der Waals surface area contributed by atoms with E-state index < -0.39 is 0 Å². The topological polar surface area (TPSA) is 46.3 Å². The number of rotatable bonds is 1. The van der Waals surface area contributed by atoms with Crippen LogP contribution in [-0.4, -0.2) is 35.4 Å². The maximum atomic E-state index is 13.3. The van der Waals surface area contributed by atoms with E-state index in [9.17, 15) is 9.18 Å². The molecule has 0 unspecified atom stereocenters. The van der Waals surface area contributed by atoms with Gasteiger partial charge in [-0.1, -0.05) is 0 Å². The number of hydrogen-bond acceptors (Lipinski definition) is 4. The maximum Gasteiger partial charge on any atom is 0.266 e. The highest BCUT2D eigenvalue weighted by Gasteiger charge is 2.23. The molecule has 106 valence electrons. The number of halogens is 1. The highest BCUT2D eigenvalue weighted by molar-refractivity contribution is 7.99. The fourth-order valence-electron chi connectivity index (χ4n) is 2.34. The number of thiophene rings is 1. The van der Waals surface area contributed by atoms with Crippen LogP contribution in [0.3, 0.4) is 0 Å². The van der Waals surface area contributed by atoms with Crippen molar-refractivity contribution in [1.82, 2.24) is 4.90 Å². The van der Waals surface area contributed by atoms with Crippen molar-refractivity contribution in [2.75, 3.05) is 30.3 Å². The number of anilines is 1. The maximum absolute atomic E-state index is 13.3. The molecule has 0 bridgehead atoms. The van der Waals surface area contributed by atoms with Crippen LogP contribution in [0.2, 0.25) is 0 Å². The van der Waals surface area contributed by atoms with E-state index in [1.54, 1.807) is 6.07 Å². The van der Waals surface area contributed by atoms with Crippen LogP contribution in [0.25, 0.3) is 10.1 Å². The SMILES string of the molecule is Nc1c(C(=O)N2CCCSCC2)sc2ccc(F)cc12. The number of carbonyl (C=O) groups is 1. The van der Waals surface area contributed by atoms with Crippen molar-refractivity contribution in [3.8, 4) is 0 Å². The van der Waals surface area contributed by atoms with E-state index in [-0.39, 0.29) is 11.7 Å². The molecule has 3 rings (SSSR count). The summed E-state index contributed by atoms with van der Waals surface area (Å²) in [5.41, 5.74) is 6.45. The third-order valence-electron chi connectivity index (χ3n) is 3.39. The quantitative estimate of drug-likeness (QED) is 0.880. The molecule has 2 heterocycles. The zero-order valence-corrected chi connectivity index (χ0v) is 12.5. The van der Waals surface area contributed by atoms with Crippen LogP contribution in [0.1, 0.15) is 16.1 Å². The van der Waals surface area contributed by atoms with Crippen LogP contribution in [0, 0.1) is 5.82 Å². The summed E-state index contributed by atoms with van der Waals surface area (Å²) < 4.78 is 14.1. The number of benzene rings is 1. The molecule has 1 aliphatic rings. The van der Waals surface area contributed by atoms with Gasteiger partial charge >= 0.3 is 0 Å². The monoisotopic (exact) mass is 310 g/mol. The van der Waals surface area contributed by atoms with Crippen LogP contribution >= 0.6 is 23.1 Å². The zero-order chi connectivity index (χ0) is 14.1. The molecule has 2 N–H and O–H groups in total. The molecule has 0 radical (unpaired) electrons. The van der Waals surface area contributed by atoms with Crippen molar-refractivity contribution in [3.63, 3.8) is 0 Å². The average molecular weight is 310 g/mol. The molecule has 6 heteroatoms. The Kier molecular flexibility index (Phi) is 3.85. The first-order valence-electron chi connectivity index (χ1n) is 6.51. The highest BCUT2D eigenvalue weighted by Crippen LogP contribution is 2.35. The van der Waals surface area contributed by atoms with Gasteiger partial charge in [-0.25, -0.2) is 4.39 Å². The lowest BCUT2D eigenvalue weighted by molar-refractivity contribution is 0.0774. The normalized spacial score (nSPS) is 16.4. The van der Waals surface area contributed by atoms with Crippen molar-refractivity contribution in [1.29, 1.82) is 0 Å². The lowest BCUT2D eigenvalue weighted by Gasteiger charge is -2.19. The molecule has 20 heavy (non-hydrogen) atoms. The first-order valence-corrected chi connectivity index (χ1v) is 8.48. The molecule has 0 aliphatic carbocycles. The van der Waals surface area contributed by atoms with Crippen molar-refractivity contribution >= 4 is 44.8 Å². The van der Waals surface area contributed by atoms with E-state index in [1.807, 2.05) is 16.7 Å². The van der Waals surface area contributed by atoms with E-state index in [0.717, 1.165) is 35.7 Å². The fraction of sp³-hybridized carbons (Fsp3) is 0.357. The summed E-state index contributed by atoms with van der Waals surface area (Å²) in [4.78, 5) is 15.0. The summed E-state index contributed by atoms with van der Waals surface area (Å²) in [6, 6.07) is 4.48. The first kappa shape index (κ1) is 13.7. The highest BCUT2D eigenvalue weighted by atomic mass is 32.2. The van der Waals surface area contributed by atoms with Gasteiger partial charge in [0, 0.05) is 28.9 Å². The summed E-state index contributed by atoms with van der Waals surface area (Å²) in [6.45, 7) is 1.53. The molecule has 1 amide bonds. The Balaban J connectivity index is 1.96. The Labute approximate surface area is 124 Å². The van der Waals surface area contributed by atoms with Crippen molar-refractivity contribution in [2.45, 2.75) is 6.42 Å². The minimum atomic E-state index is -0.327. The molecule has 1 saturated heterocycles. The van der Waals surface area contributed by atoms with Crippen molar-refractivity contribution in [3.05, 3.63) is 28.9 Å². The molecule has 1 aromatic carbocycles. The second-order valence-corrected chi connectivity index (χ2v) is 7.02. The molecule has 1 aromatic heterocycles. The van der Waals surface area contributed by atoms with Gasteiger partial charge in [-0.15, -0.1) is 11.3 Å². The van der Waals surface area contributed by atoms with Gasteiger partial charge in [0.15, 0.2) is 0 Å². The minimum absolute atomic E-state index is 0.0217. The van der Waals surface area contributed by atoms with Gasteiger partial charge in [-0.05, 0) is 30.4 Å². The average Bonchev–Trinajstić information content (AvgIpc) is 2.66. The summed E-state index contributed by atoms with van der Waals surface area (Å²) in [5, 5.41) is 0.641. The number of hydrogen-bond donors (Lipinski definition) is 1. The van der Waals surface area contributed by atoms with Gasteiger partial charge in [0.1, 0.15) is 10.7 Å². The number of nitrogens with two attached hydrogens (primary N) is 1. The molecule has 0 saturated carbocycles. The third-order valence-corrected chi connectivity index (χ3v) is 5.62. The molecule has 0 spiro atoms. The van der Waals surface area contributed by atoms with Gasteiger partial charge < -0.3 is 10.6 Å². The van der Waals surface area contributed by atoms with Crippen molar-refractivity contribution < 1.29 is 9.18 Å². The smallest absolute Gasteiger partial charge is 0.266 e. The Morgan fingerprint density at radius 2 is 2.15 bits per heavy atom. The summed E-state index contributed by atoms with van der Waals surface area (Å²) in [5.74, 6) is 1.71. The number of amides is 1. The second-order valence-electron chi connectivity index (χ2n) is 4.74. The third kappa shape index (κ3) is 2.50. The van der Waals surface area contributed by atoms with E-state index in [1.165, 1.54) is 23.5 Å². The number of thioether (sulfide) groups is 1. The Bertz CT molecular complexity index is 648. The molecular weight excluding hydrogens is 295 g/mol. The van der Waals surface area contributed by atoms with Crippen LogP contribution < -0.4 is 5.73 Å². The molecule has 2 aromatic rings. The number of fused-ring (bicyclic) bond motifs is 1. The largest absolute Gasteiger partial charge is 0.397 e. The van der Waals surface area contributed by atoms with Gasteiger partial charge in [0.2, 0.25) is 0 Å². The summed E-state index contributed by atoms with van der Waals surface area (Å²) in [7, 11) is 0. The van der Waals surface area contributed by atoms with E-state index in [2.05, 4.69) is 0 Å². The van der Waals surface area contributed by atoms with Crippen LogP contribution in [0.4, 0.5) is 10.1 Å². The zero-order valence-electron chi connectivity index (χ0n) is 10.9. The molecule has 1 fully saturated rings. The summed E-state index contributed by atoms with van der Waals surface area (Å²) >= 11 is 3.22. The van der Waals surface area contributed by atoms with E-state index in [4.69, 9.17) is 5.73 Å². The number of carbonyl (C=O) groups excluding carboxylic acids is 1. The second kappa shape index (κ2) is 5.61. The first-order chi connectivity index (χ1) is 9.66. The molecule has 3 nitrogen and oxygen atoms in total. The Morgan fingerprint density at radius 3 is 3.00 bits per heavy atom. The molecule has 1 aliphatic heterocycles. The lowest BCUT2D eigenvalue weighted by atomic mass is 10.2. The predicted octanol–water partition coefficient (Wildman–Crippen LogP) is 3.20. The van der Waals surface area contributed by atoms with Gasteiger partial charge in [0.05, 0.1) is 5.69 Å². The molecule has 0 atom stereocenters. The Morgan fingerprint density at radius 1 is 1.30 bits per heavy atom. The molecular formula is C14H15FN2OS2. The van der Waals surface area contributed by atoms with Crippen LogP contribution in [-0.2, 0) is 0 Å². The Hall–Kier alpha value is -1.27. The van der Waals surface area contributed by atoms with Crippen LogP contribution in [0.15, 0.2) is 18.2 Å². The van der Waals surface area contributed by atoms with Crippen molar-refractivity contribution in [2.24, 2.45) is 0 Å². The van der Waals surface area contributed by atoms with E-state index >= 15 is 0 Å². The summed E-state index contributed by atoms with van der Waals surface area (Å²) in [6.07, 6.45) is 1.01. The standard InChI is InChI=1S/C14H15FN2OS2/c15-9-2-3-11-10(8-9)12(16)13(20-11)14(18)17-4-1-6-19-7-5-17/h2-3,8H,1,4-7,16H2. The minimum Gasteiger partial charge on any atom is -0.397 e. The van der Waals surface area contributed by atoms with Gasteiger partial charge in [-0.3, -0.25) is 4.79 Å². The van der Waals surface area contributed by atoms with Gasteiger partial charge in [0.25, 0.3) is 5.91 Å². The number of nitrogen functional groups attached to an aromatic ring is 1. The fourth-order valence-corrected chi connectivity index (χ4v) is 4.30. The lowest BCUT2D eigenvalue weighted by Crippen LogP contribution is -2.32. The van der Waals surface area contributed by atoms with Gasteiger partial charge in [-0.2, -0.15) is 11.8 Å². The number of nitrogens with zero attached hydrogens (tertiary/aromatic N) is 1.